The number of fused-ring (bicyclic) bond motifs is 2. The van der Waals surface area contributed by atoms with Crippen LogP contribution in [0.5, 0.6) is 0 Å². The van der Waals surface area contributed by atoms with E-state index in [2.05, 4.69) is 15.0 Å². The molecule has 0 radical (unpaired) electrons. The summed E-state index contributed by atoms with van der Waals surface area (Å²) in [6.45, 7) is 0. The Hall–Kier alpha value is -4.60. The van der Waals surface area contributed by atoms with Crippen molar-refractivity contribution < 1.29 is 8.42 Å². The van der Waals surface area contributed by atoms with E-state index >= 15 is 0 Å². The molecule has 0 saturated heterocycles. The average Bonchev–Trinajstić information content (AvgIpc) is 2.92. The Bertz CT molecular complexity index is 2170. The molecular weight excluding hydrogens is 536 g/mol. The predicted octanol–water partition coefficient (Wildman–Crippen LogP) is 5.01. The van der Waals surface area contributed by atoms with Crippen LogP contribution in [0.1, 0.15) is 0 Å². The fourth-order valence-electron chi connectivity index (χ4n) is 4.70. The SMILES string of the molecule is CS(=O)(=O)c1cncc(-c2cccc(Cl)c2-c2ccc3c(=O)n(-c4cncc5ccccc45)c(=O)[nH]c3c2)c1. The zero-order chi connectivity index (χ0) is 27.3. The lowest BCUT2D eigenvalue weighted by molar-refractivity contribution is 0.601. The number of nitrogens with zero attached hydrogens (tertiary/aromatic N) is 3. The molecule has 0 saturated carbocycles. The predicted molar refractivity (Wildman–Crippen MR) is 152 cm³/mol. The minimum absolute atomic E-state index is 0.0808. The van der Waals surface area contributed by atoms with Crippen LogP contribution in [-0.4, -0.2) is 34.2 Å². The maximum atomic E-state index is 13.6. The van der Waals surface area contributed by atoms with Crippen LogP contribution >= 0.6 is 11.6 Å². The summed E-state index contributed by atoms with van der Waals surface area (Å²) in [4.78, 5) is 38.0. The van der Waals surface area contributed by atoms with Gasteiger partial charge >= 0.3 is 5.69 Å². The maximum absolute atomic E-state index is 13.6. The van der Waals surface area contributed by atoms with Crippen molar-refractivity contribution in [3.05, 3.63) is 117 Å². The van der Waals surface area contributed by atoms with Crippen molar-refractivity contribution in [1.29, 1.82) is 0 Å². The van der Waals surface area contributed by atoms with Gasteiger partial charge in [0.25, 0.3) is 5.56 Å². The van der Waals surface area contributed by atoms with E-state index in [1.165, 1.54) is 18.5 Å². The van der Waals surface area contributed by atoms with Gasteiger partial charge in [-0.15, -0.1) is 0 Å². The second-order valence-electron chi connectivity index (χ2n) is 9.05. The fraction of sp³-hybridized carbons (Fsp3) is 0.0345. The summed E-state index contributed by atoms with van der Waals surface area (Å²) in [7, 11) is -3.48. The molecule has 6 rings (SSSR count). The summed E-state index contributed by atoms with van der Waals surface area (Å²) in [5, 5.41) is 2.24. The molecular formula is C29H19ClN4O4S. The highest BCUT2D eigenvalue weighted by molar-refractivity contribution is 7.90. The minimum Gasteiger partial charge on any atom is -0.306 e. The van der Waals surface area contributed by atoms with E-state index < -0.39 is 21.1 Å². The van der Waals surface area contributed by atoms with Crippen molar-refractivity contribution in [3.8, 4) is 27.9 Å². The van der Waals surface area contributed by atoms with Crippen molar-refractivity contribution in [2.75, 3.05) is 6.26 Å². The first-order valence-corrected chi connectivity index (χ1v) is 14.1. The molecule has 0 unspecified atom stereocenters. The number of nitrogens with one attached hydrogen (secondary N) is 1. The second kappa shape index (κ2) is 9.30. The van der Waals surface area contributed by atoms with Gasteiger partial charge in [0, 0.05) is 51.8 Å². The van der Waals surface area contributed by atoms with Gasteiger partial charge in [0.15, 0.2) is 9.84 Å². The van der Waals surface area contributed by atoms with E-state index in [4.69, 9.17) is 11.6 Å². The molecule has 1 N–H and O–H groups in total. The van der Waals surface area contributed by atoms with Crippen LogP contribution in [0, 0.1) is 0 Å². The number of hydrogen-bond donors (Lipinski definition) is 1. The highest BCUT2D eigenvalue weighted by Crippen LogP contribution is 2.38. The molecule has 0 bridgehead atoms. The van der Waals surface area contributed by atoms with Crippen LogP contribution in [0.25, 0.3) is 49.6 Å². The number of rotatable bonds is 4. The van der Waals surface area contributed by atoms with Crippen LogP contribution in [0.15, 0.2) is 106 Å². The molecule has 3 aromatic carbocycles. The van der Waals surface area contributed by atoms with Crippen molar-refractivity contribution in [3.63, 3.8) is 0 Å². The Labute approximate surface area is 227 Å². The Morgan fingerprint density at radius 1 is 0.821 bits per heavy atom. The number of aromatic nitrogens is 4. The molecule has 3 aromatic heterocycles. The van der Waals surface area contributed by atoms with Crippen LogP contribution in [0.3, 0.4) is 0 Å². The van der Waals surface area contributed by atoms with Crippen LogP contribution in [-0.2, 0) is 9.84 Å². The fourth-order valence-corrected chi connectivity index (χ4v) is 5.58. The molecule has 0 amide bonds. The standard InChI is InChI=1S/C29H19ClN4O4S/c1-39(37,38)20-11-19(14-31-15-20)22-7-4-8-24(30)27(22)17-9-10-23-25(12-17)33-29(36)34(28(23)35)26-16-32-13-18-5-2-3-6-21(18)26/h2-16H,1H3,(H,33,36). The molecule has 39 heavy (non-hydrogen) atoms. The lowest BCUT2D eigenvalue weighted by Gasteiger charge is -2.14. The second-order valence-corrected chi connectivity index (χ2v) is 11.5. The molecule has 10 heteroatoms. The first-order chi connectivity index (χ1) is 18.7. The largest absolute Gasteiger partial charge is 0.333 e. The van der Waals surface area contributed by atoms with Crippen LogP contribution < -0.4 is 11.2 Å². The number of H-pyrrole nitrogens is 1. The molecule has 3 heterocycles. The lowest BCUT2D eigenvalue weighted by atomic mass is 9.95. The minimum atomic E-state index is -3.48. The van der Waals surface area contributed by atoms with Crippen LogP contribution in [0.4, 0.5) is 0 Å². The summed E-state index contributed by atoms with van der Waals surface area (Å²) >= 11 is 6.63. The van der Waals surface area contributed by atoms with Gasteiger partial charge in [0.1, 0.15) is 0 Å². The summed E-state index contributed by atoms with van der Waals surface area (Å²) in [5.41, 5.74) is 2.08. The van der Waals surface area contributed by atoms with Gasteiger partial charge in [-0.2, -0.15) is 0 Å². The zero-order valence-electron chi connectivity index (χ0n) is 20.4. The quantitative estimate of drug-likeness (QED) is 0.327. The van der Waals surface area contributed by atoms with E-state index in [0.717, 1.165) is 21.6 Å². The lowest BCUT2D eigenvalue weighted by Crippen LogP contribution is -2.33. The third kappa shape index (κ3) is 4.31. The molecule has 8 nitrogen and oxygen atoms in total. The van der Waals surface area contributed by atoms with Gasteiger partial charge in [-0.25, -0.2) is 17.8 Å². The topological polar surface area (TPSA) is 115 Å². The number of halogens is 1. The first kappa shape index (κ1) is 24.7. The van der Waals surface area contributed by atoms with E-state index in [0.29, 0.717) is 43.9 Å². The van der Waals surface area contributed by atoms with E-state index in [9.17, 15) is 18.0 Å². The molecule has 6 aromatic rings. The normalized spacial score (nSPS) is 11.7. The Morgan fingerprint density at radius 3 is 2.44 bits per heavy atom. The van der Waals surface area contributed by atoms with Gasteiger partial charge in [-0.1, -0.05) is 54.1 Å². The van der Waals surface area contributed by atoms with Crippen molar-refractivity contribution in [2.24, 2.45) is 0 Å². The van der Waals surface area contributed by atoms with Crippen molar-refractivity contribution in [2.45, 2.75) is 4.90 Å². The van der Waals surface area contributed by atoms with Crippen molar-refractivity contribution in [1.82, 2.24) is 19.5 Å². The molecule has 0 aliphatic rings. The summed E-state index contributed by atoms with van der Waals surface area (Å²) < 4.78 is 25.3. The van der Waals surface area contributed by atoms with Gasteiger partial charge in [0.2, 0.25) is 0 Å². The van der Waals surface area contributed by atoms with E-state index in [-0.39, 0.29) is 4.90 Å². The van der Waals surface area contributed by atoms with Crippen molar-refractivity contribution >= 4 is 43.1 Å². The van der Waals surface area contributed by atoms with Gasteiger partial charge < -0.3 is 4.98 Å². The van der Waals surface area contributed by atoms with E-state index in [1.54, 1.807) is 42.7 Å². The number of benzene rings is 3. The van der Waals surface area contributed by atoms with Crippen LogP contribution in [0.2, 0.25) is 5.02 Å². The first-order valence-electron chi connectivity index (χ1n) is 11.8. The third-order valence-corrected chi connectivity index (χ3v) is 7.93. The molecule has 0 aliphatic carbocycles. The molecule has 0 fully saturated rings. The summed E-state index contributed by atoms with van der Waals surface area (Å²) in [6, 6.07) is 19.3. The number of hydrogen-bond acceptors (Lipinski definition) is 6. The summed E-state index contributed by atoms with van der Waals surface area (Å²) in [5.74, 6) is 0. The number of pyridine rings is 2. The molecule has 192 valence electrons. The number of aromatic amines is 1. The zero-order valence-corrected chi connectivity index (χ0v) is 22.0. The molecule has 0 aliphatic heterocycles. The van der Waals surface area contributed by atoms with Gasteiger partial charge in [-0.3, -0.25) is 14.8 Å². The Balaban J connectivity index is 1.55. The smallest absolute Gasteiger partial charge is 0.306 e. The highest BCUT2D eigenvalue weighted by Gasteiger charge is 2.17. The Kier molecular flexibility index (Phi) is 5.90. The maximum Gasteiger partial charge on any atom is 0.333 e. The highest BCUT2D eigenvalue weighted by atomic mass is 35.5. The van der Waals surface area contributed by atoms with Gasteiger partial charge in [-0.05, 0) is 35.4 Å². The molecule has 0 spiro atoms. The average molecular weight is 555 g/mol. The summed E-state index contributed by atoms with van der Waals surface area (Å²) in [6.07, 6.45) is 7.14. The monoisotopic (exact) mass is 554 g/mol. The third-order valence-electron chi connectivity index (χ3n) is 6.54. The van der Waals surface area contributed by atoms with Gasteiger partial charge in [0.05, 0.1) is 27.7 Å². The Morgan fingerprint density at radius 2 is 1.62 bits per heavy atom. The molecule has 0 atom stereocenters. The van der Waals surface area contributed by atoms with E-state index in [1.807, 2.05) is 30.3 Å². The number of sulfone groups is 1.